The van der Waals surface area contributed by atoms with E-state index in [1.54, 1.807) is 0 Å². The van der Waals surface area contributed by atoms with E-state index in [1.165, 1.54) is 32.1 Å². The van der Waals surface area contributed by atoms with Gasteiger partial charge in [0.25, 0.3) is 0 Å². The van der Waals surface area contributed by atoms with Crippen molar-refractivity contribution < 1.29 is 4.74 Å². The molecule has 0 aromatic carbocycles. The second-order valence-electron chi connectivity index (χ2n) is 8.52. The minimum atomic E-state index is 0.179. The fourth-order valence-electron chi connectivity index (χ4n) is 6.37. The smallest absolute Gasteiger partial charge is 0.0691 e. The Kier molecular flexibility index (Phi) is 2.70. The molecule has 18 heavy (non-hydrogen) atoms. The lowest BCUT2D eigenvalue weighted by molar-refractivity contribution is -0.151. The van der Waals surface area contributed by atoms with Crippen LogP contribution in [0.25, 0.3) is 0 Å². The van der Waals surface area contributed by atoms with Gasteiger partial charge in [-0.15, -0.1) is 0 Å². The standard InChI is InChI=1S/C17H30O/c1-12-11-18-17(5)10-7-13-15(2,3)8-6-9-16(13,4)14(12)17/h12-14H,6-11H2,1-5H3/t12-,13+,14-,16+,17+/m1/s1. The van der Waals surface area contributed by atoms with Gasteiger partial charge in [-0.2, -0.15) is 0 Å². The second kappa shape index (κ2) is 3.75. The van der Waals surface area contributed by atoms with Crippen LogP contribution >= 0.6 is 0 Å². The zero-order chi connectivity index (χ0) is 13.2. The van der Waals surface area contributed by atoms with Crippen molar-refractivity contribution in [2.24, 2.45) is 28.6 Å². The summed E-state index contributed by atoms with van der Waals surface area (Å²) >= 11 is 0. The van der Waals surface area contributed by atoms with Crippen LogP contribution in [0.1, 0.15) is 66.7 Å². The van der Waals surface area contributed by atoms with Gasteiger partial charge in [-0.25, -0.2) is 0 Å². The van der Waals surface area contributed by atoms with E-state index in [9.17, 15) is 0 Å². The molecule has 1 heteroatoms. The molecule has 5 atom stereocenters. The topological polar surface area (TPSA) is 9.23 Å². The van der Waals surface area contributed by atoms with Gasteiger partial charge < -0.3 is 4.74 Å². The van der Waals surface area contributed by atoms with Crippen molar-refractivity contribution in [3.05, 3.63) is 0 Å². The molecule has 3 aliphatic rings. The van der Waals surface area contributed by atoms with E-state index in [0.29, 0.717) is 10.8 Å². The van der Waals surface area contributed by atoms with Crippen molar-refractivity contribution in [2.45, 2.75) is 72.3 Å². The quantitative estimate of drug-likeness (QED) is 0.608. The summed E-state index contributed by atoms with van der Waals surface area (Å²) in [4.78, 5) is 0. The molecule has 0 bridgehead atoms. The maximum atomic E-state index is 6.24. The summed E-state index contributed by atoms with van der Waals surface area (Å²) in [5.41, 5.74) is 1.24. The van der Waals surface area contributed by atoms with Gasteiger partial charge in [-0.3, -0.25) is 0 Å². The molecule has 3 rings (SSSR count). The molecule has 1 nitrogen and oxygen atoms in total. The van der Waals surface area contributed by atoms with Gasteiger partial charge >= 0.3 is 0 Å². The van der Waals surface area contributed by atoms with E-state index in [0.717, 1.165) is 24.4 Å². The molecule has 2 aliphatic carbocycles. The Hall–Kier alpha value is -0.0400. The van der Waals surface area contributed by atoms with Crippen LogP contribution in [-0.2, 0) is 4.74 Å². The molecule has 1 saturated heterocycles. The predicted molar refractivity (Wildman–Crippen MR) is 75.5 cm³/mol. The molecule has 2 saturated carbocycles. The average Bonchev–Trinajstić information content (AvgIpc) is 2.54. The van der Waals surface area contributed by atoms with E-state index in [2.05, 4.69) is 34.6 Å². The number of hydrogen-bond acceptors (Lipinski definition) is 1. The van der Waals surface area contributed by atoms with Crippen LogP contribution in [-0.4, -0.2) is 12.2 Å². The molecule has 0 radical (unpaired) electrons. The Morgan fingerprint density at radius 1 is 1.00 bits per heavy atom. The molecule has 1 heterocycles. The fraction of sp³-hybridized carbons (Fsp3) is 1.00. The van der Waals surface area contributed by atoms with Gasteiger partial charge in [0, 0.05) is 0 Å². The highest BCUT2D eigenvalue weighted by molar-refractivity contribution is 5.11. The summed E-state index contributed by atoms with van der Waals surface area (Å²) in [7, 11) is 0. The van der Waals surface area contributed by atoms with Crippen molar-refractivity contribution in [1.82, 2.24) is 0 Å². The maximum Gasteiger partial charge on any atom is 0.0691 e. The largest absolute Gasteiger partial charge is 0.375 e. The van der Waals surface area contributed by atoms with Crippen molar-refractivity contribution in [3.63, 3.8) is 0 Å². The Morgan fingerprint density at radius 3 is 2.44 bits per heavy atom. The molecule has 0 spiro atoms. The molecule has 104 valence electrons. The zero-order valence-electron chi connectivity index (χ0n) is 12.9. The van der Waals surface area contributed by atoms with Gasteiger partial charge in [0.1, 0.15) is 0 Å². The SMILES string of the molecule is C[C@@H]1CO[C@@]2(C)CC[C@H]3C(C)(C)CCC[C@]3(C)[C@@H]12. The highest BCUT2D eigenvalue weighted by atomic mass is 16.5. The fourth-order valence-corrected chi connectivity index (χ4v) is 6.37. The third kappa shape index (κ3) is 1.55. The Bertz CT molecular complexity index is 348. The Balaban J connectivity index is 2.01. The first-order valence-corrected chi connectivity index (χ1v) is 7.94. The van der Waals surface area contributed by atoms with Crippen molar-refractivity contribution in [3.8, 4) is 0 Å². The van der Waals surface area contributed by atoms with E-state index >= 15 is 0 Å². The summed E-state index contributed by atoms with van der Waals surface area (Å²) in [6.45, 7) is 13.4. The van der Waals surface area contributed by atoms with E-state index in [1.807, 2.05) is 0 Å². The van der Waals surface area contributed by atoms with Crippen molar-refractivity contribution >= 4 is 0 Å². The first kappa shape index (κ1) is 13.0. The summed E-state index contributed by atoms with van der Waals surface area (Å²) in [5.74, 6) is 2.43. The first-order chi connectivity index (χ1) is 8.30. The third-order valence-corrected chi connectivity index (χ3v) is 6.82. The highest BCUT2D eigenvalue weighted by Gasteiger charge is 2.62. The summed E-state index contributed by atoms with van der Waals surface area (Å²) in [5, 5.41) is 0. The lowest BCUT2D eigenvalue weighted by Gasteiger charge is -2.61. The van der Waals surface area contributed by atoms with Crippen LogP contribution < -0.4 is 0 Å². The molecule has 0 unspecified atom stereocenters. The molecule has 1 aliphatic heterocycles. The lowest BCUT2D eigenvalue weighted by Crippen LogP contribution is -2.57. The van der Waals surface area contributed by atoms with Crippen LogP contribution in [0.4, 0.5) is 0 Å². The first-order valence-electron chi connectivity index (χ1n) is 7.94. The second-order valence-corrected chi connectivity index (χ2v) is 8.52. The number of rotatable bonds is 0. The summed E-state index contributed by atoms with van der Waals surface area (Å²) in [6.07, 6.45) is 6.93. The minimum absolute atomic E-state index is 0.179. The van der Waals surface area contributed by atoms with Crippen molar-refractivity contribution in [2.75, 3.05) is 6.61 Å². The summed E-state index contributed by atoms with van der Waals surface area (Å²) in [6, 6.07) is 0. The van der Waals surface area contributed by atoms with Crippen molar-refractivity contribution in [1.29, 1.82) is 0 Å². The highest BCUT2D eigenvalue weighted by Crippen LogP contribution is 2.65. The molecular weight excluding hydrogens is 220 g/mol. The summed E-state index contributed by atoms with van der Waals surface area (Å²) < 4.78 is 6.24. The lowest BCUT2D eigenvalue weighted by atomic mass is 9.44. The van der Waals surface area contributed by atoms with Gasteiger partial charge in [0.05, 0.1) is 12.2 Å². The number of ether oxygens (including phenoxy) is 1. The zero-order valence-corrected chi connectivity index (χ0v) is 12.9. The third-order valence-electron chi connectivity index (χ3n) is 6.82. The number of fused-ring (bicyclic) bond motifs is 3. The van der Waals surface area contributed by atoms with Gasteiger partial charge in [-0.1, -0.05) is 34.1 Å². The van der Waals surface area contributed by atoms with Crippen LogP contribution in [0.5, 0.6) is 0 Å². The normalized spacial score (nSPS) is 54.8. The minimum Gasteiger partial charge on any atom is -0.375 e. The maximum absolute atomic E-state index is 6.24. The Labute approximate surface area is 113 Å². The van der Waals surface area contributed by atoms with E-state index in [-0.39, 0.29) is 5.60 Å². The monoisotopic (exact) mass is 250 g/mol. The molecule has 0 N–H and O–H groups in total. The van der Waals surface area contributed by atoms with Crippen LogP contribution in [0.2, 0.25) is 0 Å². The van der Waals surface area contributed by atoms with E-state index in [4.69, 9.17) is 4.74 Å². The molecule has 3 fully saturated rings. The molecule has 0 aromatic rings. The van der Waals surface area contributed by atoms with Gasteiger partial charge in [-0.05, 0) is 61.2 Å². The van der Waals surface area contributed by atoms with Gasteiger partial charge in [0.2, 0.25) is 0 Å². The van der Waals surface area contributed by atoms with Crippen LogP contribution in [0.15, 0.2) is 0 Å². The Morgan fingerprint density at radius 2 is 1.72 bits per heavy atom. The van der Waals surface area contributed by atoms with Gasteiger partial charge in [0.15, 0.2) is 0 Å². The average molecular weight is 250 g/mol. The van der Waals surface area contributed by atoms with Crippen LogP contribution in [0, 0.1) is 28.6 Å². The number of hydrogen-bond donors (Lipinski definition) is 0. The van der Waals surface area contributed by atoms with E-state index < -0.39 is 0 Å². The molecule has 0 aromatic heterocycles. The molecular formula is C17H30O. The van der Waals surface area contributed by atoms with Crippen LogP contribution in [0.3, 0.4) is 0 Å². The molecule has 0 amide bonds. The predicted octanol–water partition coefficient (Wildman–Crippen LogP) is 4.65.